The van der Waals surface area contributed by atoms with E-state index in [9.17, 15) is 0 Å². The summed E-state index contributed by atoms with van der Waals surface area (Å²) >= 11 is 0. The Balaban J connectivity index is 2.23. The van der Waals surface area contributed by atoms with Crippen LogP contribution in [-0.4, -0.2) is 36.0 Å². The summed E-state index contributed by atoms with van der Waals surface area (Å²) in [5.74, 6) is 0.587. The van der Waals surface area contributed by atoms with Crippen molar-refractivity contribution in [2.75, 3.05) is 6.61 Å². The van der Waals surface area contributed by atoms with Gasteiger partial charge >= 0.3 is 0 Å². The predicted octanol–water partition coefficient (Wildman–Crippen LogP) is 2.35. The predicted molar refractivity (Wildman–Crippen MR) is 83.2 cm³/mol. The number of hydrogen-bond donors (Lipinski definition) is 0. The van der Waals surface area contributed by atoms with Crippen molar-refractivity contribution in [3.05, 3.63) is 24.2 Å². The van der Waals surface area contributed by atoms with E-state index in [0.29, 0.717) is 12.5 Å². The molecule has 0 saturated heterocycles. The smallest absolute Gasteiger partial charge is 0.226 e. The number of nitrogens with zero attached hydrogens (tertiary/aromatic N) is 6. The van der Waals surface area contributed by atoms with E-state index in [1.165, 1.54) is 0 Å². The molecule has 0 N–H and O–H groups in total. The highest BCUT2D eigenvalue weighted by Crippen LogP contribution is 2.30. The highest BCUT2D eigenvalue weighted by atomic mass is 16.5. The van der Waals surface area contributed by atoms with Gasteiger partial charge in [-0.2, -0.15) is 15.2 Å². The minimum absolute atomic E-state index is 0.553. The van der Waals surface area contributed by atoms with E-state index < -0.39 is 0 Å². The van der Waals surface area contributed by atoms with Gasteiger partial charge in [-0.3, -0.25) is 0 Å². The maximum atomic E-state index is 5.70. The van der Waals surface area contributed by atoms with Gasteiger partial charge in [-0.25, -0.2) is 14.2 Å². The van der Waals surface area contributed by atoms with E-state index in [-0.39, 0.29) is 0 Å². The Hall–Kier alpha value is -2.70. The van der Waals surface area contributed by atoms with Crippen LogP contribution in [0.5, 0.6) is 5.88 Å². The minimum Gasteiger partial charge on any atom is -0.477 e. The van der Waals surface area contributed by atoms with Gasteiger partial charge in [0, 0.05) is 18.8 Å². The standard InChI is InChI=1S/C15H16N6O/c1-4-20-14-10(8-17-20)13-11(7-16-14)15(22-5-2)18-12-6-9(3)19-21(12)13/h6-8H,4-5H2,1-3H3. The van der Waals surface area contributed by atoms with Crippen LogP contribution in [0.4, 0.5) is 0 Å². The fraction of sp³-hybridized carbons (Fsp3) is 0.333. The van der Waals surface area contributed by atoms with E-state index in [4.69, 9.17) is 4.74 Å². The van der Waals surface area contributed by atoms with Crippen molar-refractivity contribution in [1.82, 2.24) is 29.4 Å². The topological polar surface area (TPSA) is 70.1 Å². The first-order valence-electron chi connectivity index (χ1n) is 7.36. The molecule has 0 radical (unpaired) electrons. The fourth-order valence-corrected chi connectivity index (χ4v) is 2.77. The first-order valence-corrected chi connectivity index (χ1v) is 7.36. The normalized spacial score (nSPS) is 11.8. The molecule has 0 aromatic carbocycles. The van der Waals surface area contributed by atoms with Crippen LogP contribution in [0.15, 0.2) is 18.5 Å². The lowest BCUT2D eigenvalue weighted by Crippen LogP contribution is -2.02. The van der Waals surface area contributed by atoms with Crippen LogP contribution in [0.3, 0.4) is 0 Å². The molecule has 0 amide bonds. The van der Waals surface area contributed by atoms with Gasteiger partial charge in [0.15, 0.2) is 11.3 Å². The summed E-state index contributed by atoms with van der Waals surface area (Å²) < 4.78 is 9.42. The van der Waals surface area contributed by atoms with Crippen molar-refractivity contribution in [2.45, 2.75) is 27.3 Å². The lowest BCUT2D eigenvalue weighted by atomic mass is 10.2. The van der Waals surface area contributed by atoms with E-state index in [1.54, 1.807) is 6.20 Å². The molecule has 22 heavy (non-hydrogen) atoms. The number of ether oxygens (including phenoxy) is 1. The van der Waals surface area contributed by atoms with E-state index in [0.717, 1.165) is 39.8 Å². The summed E-state index contributed by atoms with van der Waals surface area (Å²) in [5, 5.41) is 10.8. The maximum Gasteiger partial charge on any atom is 0.226 e. The van der Waals surface area contributed by atoms with Crippen molar-refractivity contribution >= 4 is 27.6 Å². The second-order valence-electron chi connectivity index (χ2n) is 5.12. The molecule has 0 aliphatic rings. The van der Waals surface area contributed by atoms with Crippen LogP contribution in [0, 0.1) is 6.92 Å². The number of fused-ring (bicyclic) bond motifs is 5. The average molecular weight is 296 g/mol. The second kappa shape index (κ2) is 4.66. The molecular formula is C15H16N6O. The highest BCUT2D eigenvalue weighted by Gasteiger charge is 2.16. The average Bonchev–Trinajstić information content (AvgIpc) is 3.09. The Morgan fingerprint density at radius 1 is 1.18 bits per heavy atom. The van der Waals surface area contributed by atoms with Crippen molar-refractivity contribution in [3.63, 3.8) is 0 Å². The molecule has 4 aromatic rings. The van der Waals surface area contributed by atoms with Crippen LogP contribution >= 0.6 is 0 Å². The van der Waals surface area contributed by atoms with Crippen LogP contribution in [0.1, 0.15) is 19.5 Å². The van der Waals surface area contributed by atoms with Gasteiger partial charge in [0.2, 0.25) is 5.88 Å². The summed E-state index contributed by atoms with van der Waals surface area (Å²) in [5.41, 5.74) is 3.46. The second-order valence-corrected chi connectivity index (χ2v) is 5.12. The quantitative estimate of drug-likeness (QED) is 0.580. The number of aryl methyl sites for hydroxylation is 2. The molecule has 7 heteroatoms. The van der Waals surface area contributed by atoms with Gasteiger partial charge < -0.3 is 4.74 Å². The van der Waals surface area contributed by atoms with Crippen molar-refractivity contribution in [3.8, 4) is 5.88 Å². The SMILES string of the molecule is CCOc1nc2cc(C)nn2c2c1cnc1c2cnn1CC. The Kier molecular flexibility index (Phi) is 2.75. The lowest BCUT2D eigenvalue weighted by Gasteiger charge is -2.09. The van der Waals surface area contributed by atoms with E-state index in [1.807, 2.05) is 42.2 Å². The van der Waals surface area contributed by atoms with Gasteiger partial charge in [-0.15, -0.1) is 0 Å². The van der Waals surface area contributed by atoms with Crippen molar-refractivity contribution < 1.29 is 4.74 Å². The molecular weight excluding hydrogens is 280 g/mol. The summed E-state index contributed by atoms with van der Waals surface area (Å²) in [7, 11) is 0. The molecule has 0 saturated carbocycles. The van der Waals surface area contributed by atoms with Crippen LogP contribution in [0.2, 0.25) is 0 Å². The van der Waals surface area contributed by atoms with Gasteiger partial charge in [0.05, 0.1) is 34.8 Å². The zero-order valence-electron chi connectivity index (χ0n) is 12.7. The summed E-state index contributed by atoms with van der Waals surface area (Å²) in [6, 6.07) is 1.94. The van der Waals surface area contributed by atoms with Crippen LogP contribution in [0.25, 0.3) is 27.6 Å². The monoisotopic (exact) mass is 296 g/mol. The molecule has 4 rings (SSSR count). The third kappa shape index (κ3) is 1.68. The van der Waals surface area contributed by atoms with Crippen LogP contribution < -0.4 is 4.74 Å². The van der Waals surface area contributed by atoms with E-state index >= 15 is 0 Å². The van der Waals surface area contributed by atoms with Crippen molar-refractivity contribution in [2.24, 2.45) is 0 Å². The van der Waals surface area contributed by atoms with Gasteiger partial charge in [-0.1, -0.05) is 0 Å². The van der Waals surface area contributed by atoms with Crippen molar-refractivity contribution in [1.29, 1.82) is 0 Å². The molecule has 7 nitrogen and oxygen atoms in total. The molecule has 0 spiro atoms. The number of rotatable bonds is 3. The zero-order chi connectivity index (χ0) is 15.3. The molecule has 4 aromatic heterocycles. The molecule has 0 bridgehead atoms. The number of hydrogen-bond acceptors (Lipinski definition) is 5. The largest absolute Gasteiger partial charge is 0.477 e. The van der Waals surface area contributed by atoms with E-state index in [2.05, 4.69) is 20.2 Å². The highest BCUT2D eigenvalue weighted by molar-refractivity contribution is 6.04. The Morgan fingerprint density at radius 3 is 2.82 bits per heavy atom. The molecule has 0 aliphatic carbocycles. The molecule has 4 heterocycles. The molecule has 112 valence electrons. The number of aromatic nitrogens is 6. The van der Waals surface area contributed by atoms with Gasteiger partial charge in [-0.05, 0) is 20.8 Å². The third-order valence-electron chi connectivity index (χ3n) is 3.69. The molecule has 0 fully saturated rings. The Labute approximate surface area is 126 Å². The summed E-state index contributed by atoms with van der Waals surface area (Å²) in [6.07, 6.45) is 3.63. The molecule has 0 unspecified atom stereocenters. The Bertz CT molecular complexity index is 1000. The minimum atomic E-state index is 0.553. The molecule has 0 atom stereocenters. The summed E-state index contributed by atoms with van der Waals surface area (Å²) in [4.78, 5) is 9.09. The summed E-state index contributed by atoms with van der Waals surface area (Å²) in [6.45, 7) is 7.27. The fourth-order valence-electron chi connectivity index (χ4n) is 2.77. The zero-order valence-corrected chi connectivity index (χ0v) is 12.7. The van der Waals surface area contributed by atoms with Gasteiger partial charge in [0.1, 0.15) is 0 Å². The maximum absolute atomic E-state index is 5.70. The molecule has 0 aliphatic heterocycles. The van der Waals surface area contributed by atoms with Crippen LogP contribution in [-0.2, 0) is 6.54 Å². The Morgan fingerprint density at radius 2 is 2.05 bits per heavy atom. The first kappa shape index (κ1) is 13.0. The first-order chi connectivity index (χ1) is 10.7. The van der Waals surface area contributed by atoms with Gasteiger partial charge in [0.25, 0.3) is 0 Å². The number of pyridine rings is 1. The lowest BCUT2D eigenvalue weighted by molar-refractivity contribution is 0.332. The third-order valence-corrected chi connectivity index (χ3v) is 3.69.